The van der Waals surface area contributed by atoms with E-state index in [9.17, 15) is 4.39 Å². The van der Waals surface area contributed by atoms with Gasteiger partial charge in [-0.2, -0.15) is 5.10 Å². The lowest BCUT2D eigenvalue weighted by molar-refractivity contribution is 0.517. The average Bonchev–Trinajstić information content (AvgIpc) is 2.57. The molecule has 0 saturated heterocycles. The van der Waals surface area contributed by atoms with Crippen molar-refractivity contribution in [1.29, 1.82) is 0 Å². The molecule has 1 aromatic carbocycles. The molecule has 0 aliphatic heterocycles. The number of rotatable bonds is 3. The topological polar surface area (TPSA) is 43.8 Å². The molecule has 1 aromatic heterocycles. The molecule has 4 heteroatoms. The SMILES string of the molecule is Cn1ncc(CC(C)(C)N)c1-c1cccc(F)c1. The predicted octanol–water partition coefficient (Wildman–Crippen LogP) is 2.51. The van der Waals surface area contributed by atoms with Crippen molar-refractivity contribution in [2.45, 2.75) is 25.8 Å². The minimum absolute atomic E-state index is 0.244. The molecule has 0 radical (unpaired) electrons. The Kier molecular flexibility index (Phi) is 3.22. The third-order valence-electron chi connectivity index (χ3n) is 2.76. The molecule has 0 spiro atoms. The van der Waals surface area contributed by atoms with E-state index in [2.05, 4.69) is 5.10 Å². The fourth-order valence-electron chi connectivity index (χ4n) is 2.11. The van der Waals surface area contributed by atoms with E-state index in [4.69, 9.17) is 5.73 Å². The minimum atomic E-state index is -0.314. The molecule has 0 atom stereocenters. The lowest BCUT2D eigenvalue weighted by Gasteiger charge is -2.18. The molecule has 1 heterocycles. The zero-order chi connectivity index (χ0) is 13.3. The number of aryl methyl sites for hydroxylation is 1. The zero-order valence-electron chi connectivity index (χ0n) is 10.9. The molecule has 2 rings (SSSR count). The van der Waals surface area contributed by atoms with Crippen LogP contribution < -0.4 is 5.73 Å². The van der Waals surface area contributed by atoms with Gasteiger partial charge >= 0.3 is 0 Å². The molecule has 2 aromatic rings. The largest absolute Gasteiger partial charge is 0.325 e. The first-order valence-electron chi connectivity index (χ1n) is 5.92. The summed E-state index contributed by atoms with van der Waals surface area (Å²) in [5, 5.41) is 4.25. The first-order chi connectivity index (χ1) is 8.37. The first kappa shape index (κ1) is 12.8. The van der Waals surface area contributed by atoms with E-state index in [1.165, 1.54) is 12.1 Å². The van der Waals surface area contributed by atoms with Crippen LogP contribution in [-0.4, -0.2) is 15.3 Å². The summed E-state index contributed by atoms with van der Waals surface area (Å²) in [5.41, 5.74) is 8.52. The van der Waals surface area contributed by atoms with Gasteiger partial charge in [-0.05, 0) is 38.0 Å². The first-order valence-corrected chi connectivity index (χ1v) is 5.92. The highest BCUT2D eigenvalue weighted by atomic mass is 19.1. The summed E-state index contributed by atoms with van der Waals surface area (Å²) in [4.78, 5) is 0. The molecule has 0 unspecified atom stereocenters. The monoisotopic (exact) mass is 247 g/mol. The van der Waals surface area contributed by atoms with Crippen molar-refractivity contribution in [2.24, 2.45) is 12.8 Å². The summed E-state index contributed by atoms with van der Waals surface area (Å²) in [6.45, 7) is 3.94. The Hall–Kier alpha value is -1.68. The van der Waals surface area contributed by atoms with Crippen LogP contribution in [0.5, 0.6) is 0 Å². The van der Waals surface area contributed by atoms with Gasteiger partial charge in [-0.3, -0.25) is 4.68 Å². The summed E-state index contributed by atoms with van der Waals surface area (Å²) in [7, 11) is 1.85. The van der Waals surface area contributed by atoms with Gasteiger partial charge in [0.25, 0.3) is 0 Å². The lowest BCUT2D eigenvalue weighted by Crippen LogP contribution is -2.34. The van der Waals surface area contributed by atoms with Gasteiger partial charge < -0.3 is 5.73 Å². The van der Waals surface area contributed by atoms with Gasteiger partial charge in [0.2, 0.25) is 0 Å². The summed E-state index contributed by atoms with van der Waals surface area (Å²) in [6, 6.07) is 6.54. The highest BCUT2D eigenvalue weighted by molar-refractivity contribution is 5.63. The van der Waals surface area contributed by atoms with E-state index in [0.717, 1.165) is 16.8 Å². The van der Waals surface area contributed by atoms with Crippen molar-refractivity contribution >= 4 is 0 Å². The summed E-state index contributed by atoms with van der Waals surface area (Å²) in [6.07, 6.45) is 2.50. The summed E-state index contributed by atoms with van der Waals surface area (Å²) >= 11 is 0. The quantitative estimate of drug-likeness (QED) is 0.905. The van der Waals surface area contributed by atoms with Crippen LogP contribution in [0.3, 0.4) is 0 Å². The van der Waals surface area contributed by atoms with Gasteiger partial charge in [-0.25, -0.2) is 4.39 Å². The van der Waals surface area contributed by atoms with Crippen molar-refractivity contribution in [2.75, 3.05) is 0 Å². The Morgan fingerprint density at radius 3 is 2.72 bits per heavy atom. The molecule has 0 aliphatic carbocycles. The smallest absolute Gasteiger partial charge is 0.123 e. The van der Waals surface area contributed by atoms with Crippen molar-refractivity contribution in [3.8, 4) is 11.3 Å². The Bertz CT molecular complexity index is 552. The molecule has 0 fully saturated rings. The van der Waals surface area contributed by atoms with Gasteiger partial charge in [0.15, 0.2) is 0 Å². The lowest BCUT2D eigenvalue weighted by atomic mass is 9.94. The second-order valence-electron chi connectivity index (χ2n) is 5.32. The summed E-state index contributed by atoms with van der Waals surface area (Å²) < 4.78 is 15.1. The minimum Gasteiger partial charge on any atom is -0.325 e. The molecular weight excluding hydrogens is 229 g/mol. The number of halogens is 1. The molecule has 0 bridgehead atoms. The van der Waals surface area contributed by atoms with Gasteiger partial charge in [0.1, 0.15) is 5.82 Å². The van der Waals surface area contributed by atoms with Crippen molar-refractivity contribution in [3.63, 3.8) is 0 Å². The van der Waals surface area contributed by atoms with Crippen molar-refractivity contribution in [3.05, 3.63) is 41.8 Å². The molecule has 3 nitrogen and oxygen atoms in total. The van der Waals surface area contributed by atoms with Crippen LogP contribution in [0.2, 0.25) is 0 Å². The molecule has 0 aliphatic rings. The van der Waals surface area contributed by atoms with E-state index in [-0.39, 0.29) is 11.4 Å². The van der Waals surface area contributed by atoms with Crippen LogP contribution in [0.1, 0.15) is 19.4 Å². The Morgan fingerprint density at radius 2 is 2.11 bits per heavy atom. The molecule has 96 valence electrons. The highest BCUT2D eigenvalue weighted by Crippen LogP contribution is 2.26. The predicted molar refractivity (Wildman–Crippen MR) is 70.6 cm³/mol. The van der Waals surface area contributed by atoms with E-state index in [1.807, 2.05) is 27.0 Å². The van der Waals surface area contributed by atoms with E-state index >= 15 is 0 Å². The van der Waals surface area contributed by atoms with E-state index < -0.39 is 0 Å². The van der Waals surface area contributed by atoms with Gasteiger partial charge in [0, 0.05) is 18.2 Å². The fourth-order valence-corrected chi connectivity index (χ4v) is 2.11. The number of hydrogen-bond acceptors (Lipinski definition) is 2. The molecular formula is C14H18FN3. The number of hydrogen-bond donors (Lipinski definition) is 1. The van der Waals surface area contributed by atoms with Crippen LogP contribution in [-0.2, 0) is 13.5 Å². The number of nitrogens with zero attached hydrogens (tertiary/aromatic N) is 2. The Labute approximate surface area is 106 Å². The highest BCUT2D eigenvalue weighted by Gasteiger charge is 2.18. The third-order valence-corrected chi connectivity index (χ3v) is 2.76. The van der Waals surface area contributed by atoms with Crippen LogP contribution >= 0.6 is 0 Å². The molecule has 18 heavy (non-hydrogen) atoms. The van der Waals surface area contributed by atoms with Crippen LogP contribution in [0.4, 0.5) is 4.39 Å². The number of nitrogens with two attached hydrogens (primary N) is 1. The maximum atomic E-state index is 13.3. The average molecular weight is 247 g/mol. The maximum Gasteiger partial charge on any atom is 0.123 e. The zero-order valence-corrected chi connectivity index (χ0v) is 10.9. The van der Waals surface area contributed by atoms with E-state index in [1.54, 1.807) is 16.9 Å². The molecule has 2 N–H and O–H groups in total. The van der Waals surface area contributed by atoms with Gasteiger partial charge in [-0.15, -0.1) is 0 Å². The Balaban J connectivity index is 2.47. The molecule has 0 amide bonds. The van der Waals surface area contributed by atoms with Crippen molar-refractivity contribution < 1.29 is 4.39 Å². The van der Waals surface area contributed by atoms with Crippen LogP contribution in [0.15, 0.2) is 30.5 Å². The molecule has 0 saturated carbocycles. The summed E-state index contributed by atoms with van der Waals surface area (Å²) in [5.74, 6) is -0.244. The van der Waals surface area contributed by atoms with Gasteiger partial charge in [-0.1, -0.05) is 12.1 Å². The standard InChI is InChI=1S/C14H18FN3/c1-14(2,16)8-11-9-17-18(3)13(11)10-5-4-6-12(15)7-10/h4-7,9H,8,16H2,1-3H3. The fraction of sp³-hybridized carbons (Fsp3) is 0.357. The Morgan fingerprint density at radius 1 is 1.39 bits per heavy atom. The van der Waals surface area contributed by atoms with Crippen LogP contribution in [0.25, 0.3) is 11.3 Å². The maximum absolute atomic E-state index is 13.3. The van der Waals surface area contributed by atoms with Gasteiger partial charge in [0.05, 0.1) is 11.9 Å². The second-order valence-corrected chi connectivity index (χ2v) is 5.32. The van der Waals surface area contributed by atoms with Crippen molar-refractivity contribution in [1.82, 2.24) is 9.78 Å². The second kappa shape index (κ2) is 4.53. The number of aromatic nitrogens is 2. The van der Waals surface area contributed by atoms with E-state index in [0.29, 0.717) is 6.42 Å². The number of benzene rings is 1. The van der Waals surface area contributed by atoms with Crippen LogP contribution in [0, 0.1) is 5.82 Å². The normalized spacial score (nSPS) is 11.8. The third kappa shape index (κ3) is 2.76.